The highest BCUT2D eigenvalue weighted by Gasteiger charge is 2.35. The number of hydrogen-bond acceptors (Lipinski definition) is 11. The van der Waals surface area contributed by atoms with Gasteiger partial charge in [-0.15, -0.1) is 0 Å². The number of amides is 4. The number of hydrazine groups is 1. The number of nitrogens with zero attached hydrogens (tertiary/aromatic N) is 5. The molecule has 1 aliphatic heterocycles. The molecule has 1 saturated heterocycles. The van der Waals surface area contributed by atoms with E-state index in [2.05, 4.69) is 56.8 Å². The van der Waals surface area contributed by atoms with Crippen LogP contribution in [0, 0.1) is 11.3 Å². The first-order chi connectivity index (χ1) is 32.4. The molecule has 3 heterocycles. The van der Waals surface area contributed by atoms with Gasteiger partial charge in [0.1, 0.15) is 23.5 Å². The summed E-state index contributed by atoms with van der Waals surface area (Å²) in [5.41, 5.74) is 8.81. The Kier molecular flexibility index (Phi) is 18.1. The van der Waals surface area contributed by atoms with Gasteiger partial charge < -0.3 is 34.7 Å². The number of carbonyl (C=O) groups is 5. The number of methoxy groups -OCH3 is 1. The molecule has 0 bridgehead atoms. The number of benzene rings is 2. The fourth-order valence-electron chi connectivity index (χ4n) is 8.50. The molecule has 16 nitrogen and oxygen atoms in total. The van der Waals surface area contributed by atoms with Crippen molar-refractivity contribution in [3.05, 3.63) is 108 Å². The number of aromatic nitrogens is 2. The third-order valence-electron chi connectivity index (χ3n) is 11.9. The van der Waals surface area contributed by atoms with E-state index >= 15 is 0 Å². The number of allylic oxidation sites excluding steroid dienone is 1. The van der Waals surface area contributed by atoms with Crippen LogP contribution in [0.4, 0.5) is 5.69 Å². The van der Waals surface area contributed by atoms with Crippen LogP contribution >= 0.6 is 0 Å². The second kappa shape index (κ2) is 23.7. The number of anilines is 1. The summed E-state index contributed by atoms with van der Waals surface area (Å²) in [5, 5.41) is 19.3. The highest BCUT2D eigenvalue weighted by molar-refractivity contribution is 6.00. The fourth-order valence-corrected chi connectivity index (χ4v) is 8.50. The Morgan fingerprint density at radius 2 is 1.82 bits per heavy atom. The average molecular weight is 931 g/mol. The van der Waals surface area contributed by atoms with Crippen molar-refractivity contribution in [1.29, 1.82) is 0 Å². The molecular weight excluding hydrogens is 865 g/mol. The molecule has 2 aromatic carbocycles. The van der Waals surface area contributed by atoms with Crippen molar-refractivity contribution in [3.8, 4) is 16.9 Å². The number of aryl methyl sites for hydroxylation is 1. The van der Waals surface area contributed by atoms with E-state index in [4.69, 9.17) is 9.47 Å². The van der Waals surface area contributed by atoms with Gasteiger partial charge in [-0.1, -0.05) is 59.1 Å². The van der Waals surface area contributed by atoms with Crippen LogP contribution in [0.3, 0.4) is 0 Å². The zero-order chi connectivity index (χ0) is 49.7. The Morgan fingerprint density at radius 1 is 1.06 bits per heavy atom. The zero-order valence-electron chi connectivity index (χ0n) is 40.5. The molecule has 0 aliphatic carbocycles. The first-order valence-corrected chi connectivity index (χ1v) is 22.9. The van der Waals surface area contributed by atoms with E-state index < -0.39 is 35.2 Å². The van der Waals surface area contributed by atoms with E-state index in [0.29, 0.717) is 55.0 Å². The number of hydrogen-bond donors (Lipinski definition) is 4. The molecule has 2 aromatic heterocycles. The summed E-state index contributed by atoms with van der Waals surface area (Å²) < 4.78 is 13.2. The minimum absolute atomic E-state index is 0.0251. The maximum Gasteiger partial charge on any atom is 0.293 e. The second-order valence-electron chi connectivity index (χ2n) is 18.0. The maximum atomic E-state index is 14.4. The van der Waals surface area contributed by atoms with E-state index in [1.165, 1.54) is 35.3 Å². The van der Waals surface area contributed by atoms with Crippen molar-refractivity contribution in [2.75, 3.05) is 39.2 Å². The van der Waals surface area contributed by atoms with Gasteiger partial charge in [-0.25, -0.2) is 10.4 Å². The van der Waals surface area contributed by atoms with Gasteiger partial charge in [0.05, 0.1) is 30.3 Å². The molecule has 68 heavy (non-hydrogen) atoms. The molecule has 4 amide bonds. The predicted octanol–water partition coefficient (Wildman–Crippen LogP) is 6.88. The number of carbonyl (C=O) groups excluding carboxylic acids is 5. The number of nitrogens with one attached hydrogen (secondary N) is 3. The van der Waals surface area contributed by atoms with Crippen LogP contribution in [0.25, 0.3) is 28.1 Å². The van der Waals surface area contributed by atoms with Crippen LogP contribution in [0.1, 0.15) is 81.7 Å². The van der Waals surface area contributed by atoms with Crippen LogP contribution < -0.4 is 16.1 Å². The van der Waals surface area contributed by atoms with Gasteiger partial charge in [-0.05, 0) is 110 Å². The van der Waals surface area contributed by atoms with Gasteiger partial charge in [0, 0.05) is 68.4 Å². The van der Waals surface area contributed by atoms with Crippen molar-refractivity contribution in [2.24, 2.45) is 16.3 Å². The molecule has 0 radical (unpaired) electrons. The summed E-state index contributed by atoms with van der Waals surface area (Å²) in [6.45, 7) is 21.3. The quantitative estimate of drug-likeness (QED) is 0.0367. The molecule has 4 aromatic rings. The summed E-state index contributed by atoms with van der Waals surface area (Å²) >= 11 is 0. The Hall–Kier alpha value is -6.91. The van der Waals surface area contributed by atoms with Gasteiger partial charge in [-0.3, -0.25) is 34.0 Å². The SMILES string of the molecule is C=CC=N/C(=C/c1c(CC(C)(C)COC=O)c2cc(-c3cc(O)cc(CC(NC(=O)C(C(C)C)N(C)C(=O)c4ccc(NC(=O)C=C)cn4)C(=O)N4CCCCN4)c3)ccc2n1CC)C(C)OC. The lowest BCUT2D eigenvalue weighted by atomic mass is 9.85. The number of aliphatic imine (C=N–C) groups is 1. The fraction of sp³-hybridized carbons (Fsp3) is 0.404. The third-order valence-corrected chi connectivity index (χ3v) is 11.9. The number of fused-ring (bicyclic) bond motifs is 1. The minimum Gasteiger partial charge on any atom is -0.508 e. The molecule has 362 valence electrons. The standard InChI is InChI=1S/C52H66N8O8/c1-11-20-53-43(34(6)67-10)28-46-41(29-52(7,8)31-68-32-61)40-27-36(16-19-45(40)59(46)13-3)37-23-35(24-39(62)26-37)25-44(51(66)60-22-15-14-21-55-60)57-49(64)48(33(4)5)58(9)50(65)42-18-17-38(30-54-42)56-47(63)12-2/h11-12,16-20,23-24,26-28,30,32-34,44,48,55,62H,1-2,13-15,21-22,25,29,31H2,3-10H3,(H,56,63)(H,57,64)/b43-28+,53-20?. The van der Waals surface area contributed by atoms with Crippen molar-refractivity contribution < 1.29 is 38.6 Å². The van der Waals surface area contributed by atoms with Gasteiger partial charge >= 0.3 is 0 Å². The summed E-state index contributed by atoms with van der Waals surface area (Å²) in [7, 11) is 3.14. The number of rotatable bonds is 22. The summed E-state index contributed by atoms with van der Waals surface area (Å²) in [6, 6.07) is 12.2. The predicted molar refractivity (Wildman–Crippen MR) is 266 cm³/mol. The van der Waals surface area contributed by atoms with Crippen molar-refractivity contribution in [1.82, 2.24) is 30.2 Å². The molecule has 1 aliphatic rings. The van der Waals surface area contributed by atoms with Crippen molar-refractivity contribution in [2.45, 2.75) is 92.0 Å². The highest BCUT2D eigenvalue weighted by atomic mass is 16.5. The number of phenolic OH excluding ortho intramolecular Hbond substituents is 1. The Balaban J connectivity index is 1.55. The maximum absolute atomic E-state index is 14.4. The Morgan fingerprint density at radius 3 is 2.44 bits per heavy atom. The summed E-state index contributed by atoms with van der Waals surface area (Å²) in [5.74, 6) is -2.25. The lowest BCUT2D eigenvalue weighted by Crippen LogP contribution is -2.59. The Labute approximate surface area is 399 Å². The normalized spacial score (nSPS) is 14.6. The van der Waals surface area contributed by atoms with E-state index in [1.54, 1.807) is 31.5 Å². The topological polar surface area (TPSA) is 197 Å². The number of likely N-dealkylation sites (N-methyl/N-ethyl adjacent to an activating group) is 1. The van der Waals surface area contributed by atoms with E-state index in [0.717, 1.165) is 46.6 Å². The van der Waals surface area contributed by atoms with Crippen LogP contribution in [-0.4, -0.2) is 113 Å². The first kappa shape index (κ1) is 52.1. The van der Waals surface area contributed by atoms with E-state index in [9.17, 15) is 29.1 Å². The smallest absolute Gasteiger partial charge is 0.293 e. The average Bonchev–Trinajstić information content (AvgIpc) is 3.61. The lowest BCUT2D eigenvalue weighted by molar-refractivity contribution is -0.141. The number of aromatic hydroxyl groups is 1. The highest BCUT2D eigenvalue weighted by Crippen LogP contribution is 2.37. The summed E-state index contributed by atoms with van der Waals surface area (Å²) in [6.07, 6.45) is 9.63. The number of pyridine rings is 1. The molecule has 4 N–H and O–H groups in total. The zero-order valence-corrected chi connectivity index (χ0v) is 40.5. The van der Waals surface area contributed by atoms with Crippen LogP contribution in [-0.2, 0) is 48.0 Å². The van der Waals surface area contributed by atoms with Gasteiger partial charge in [0.15, 0.2) is 0 Å². The monoisotopic (exact) mass is 931 g/mol. The van der Waals surface area contributed by atoms with Gasteiger partial charge in [0.25, 0.3) is 18.3 Å². The molecule has 3 unspecified atom stereocenters. The van der Waals surface area contributed by atoms with Crippen LogP contribution in [0.2, 0.25) is 0 Å². The largest absolute Gasteiger partial charge is 0.508 e. The first-order valence-electron chi connectivity index (χ1n) is 22.9. The summed E-state index contributed by atoms with van der Waals surface area (Å²) in [4.78, 5) is 75.8. The number of phenols is 1. The van der Waals surface area contributed by atoms with E-state index in [-0.39, 0.29) is 42.4 Å². The molecule has 3 atom stereocenters. The number of ether oxygens (including phenoxy) is 2. The molecular formula is C52H66N8O8. The van der Waals surface area contributed by atoms with Crippen LogP contribution in [0.5, 0.6) is 5.75 Å². The second-order valence-corrected chi connectivity index (χ2v) is 18.0. The van der Waals surface area contributed by atoms with Crippen LogP contribution in [0.15, 0.2) is 90.7 Å². The van der Waals surface area contributed by atoms with Crippen molar-refractivity contribution in [3.63, 3.8) is 0 Å². The Bertz CT molecular complexity index is 2540. The van der Waals surface area contributed by atoms with Gasteiger partial charge in [0.2, 0.25) is 11.8 Å². The third kappa shape index (κ3) is 12.9. The molecule has 0 saturated carbocycles. The minimum atomic E-state index is -1.08. The molecule has 5 rings (SSSR count). The molecule has 16 heteroatoms. The molecule has 0 spiro atoms. The van der Waals surface area contributed by atoms with Gasteiger partial charge in [-0.2, -0.15) is 0 Å². The molecule has 1 fully saturated rings. The van der Waals surface area contributed by atoms with Crippen molar-refractivity contribution >= 4 is 59.0 Å². The lowest BCUT2D eigenvalue weighted by Gasteiger charge is -2.34. The van der Waals surface area contributed by atoms with E-state index in [1.807, 2.05) is 58.9 Å².